The van der Waals surface area contributed by atoms with Crippen molar-refractivity contribution in [1.82, 2.24) is 15.4 Å². The Labute approximate surface area is 137 Å². The van der Waals surface area contributed by atoms with Gasteiger partial charge in [0.2, 0.25) is 0 Å². The molecule has 1 N–H and O–H groups in total. The van der Waals surface area contributed by atoms with E-state index in [2.05, 4.69) is 17.4 Å². The lowest BCUT2D eigenvalue weighted by atomic mass is 10.0. The van der Waals surface area contributed by atoms with E-state index >= 15 is 0 Å². The second-order valence-electron chi connectivity index (χ2n) is 5.98. The fourth-order valence-corrected chi connectivity index (χ4v) is 2.75. The summed E-state index contributed by atoms with van der Waals surface area (Å²) in [6.07, 6.45) is 0.944. The Morgan fingerprint density at radius 3 is 2.65 bits per heavy atom. The van der Waals surface area contributed by atoms with Gasteiger partial charge in [-0.2, -0.15) is 0 Å². The predicted octanol–water partition coefficient (Wildman–Crippen LogP) is 3.23. The lowest BCUT2D eigenvalue weighted by molar-refractivity contribution is 0.0827. The molecule has 5 heteroatoms. The van der Waals surface area contributed by atoms with Gasteiger partial charge < -0.3 is 14.7 Å². The van der Waals surface area contributed by atoms with E-state index < -0.39 is 0 Å². The zero-order chi connectivity index (χ0) is 17.0. The number of benzene rings is 1. The van der Waals surface area contributed by atoms with E-state index in [1.807, 2.05) is 38.1 Å². The smallest absolute Gasteiger partial charge is 0.253 e. The summed E-state index contributed by atoms with van der Waals surface area (Å²) >= 11 is 0. The average molecular weight is 315 g/mol. The molecule has 5 nitrogen and oxygen atoms in total. The predicted molar refractivity (Wildman–Crippen MR) is 90.3 cm³/mol. The third-order valence-electron chi connectivity index (χ3n) is 3.98. The molecule has 1 aromatic heterocycles. The van der Waals surface area contributed by atoms with Crippen LogP contribution >= 0.6 is 0 Å². The highest BCUT2D eigenvalue weighted by Crippen LogP contribution is 2.24. The normalized spacial score (nSPS) is 12.2. The number of aromatic nitrogens is 1. The summed E-state index contributed by atoms with van der Waals surface area (Å²) in [4.78, 5) is 13.6. The molecule has 1 atom stereocenters. The van der Waals surface area contributed by atoms with Gasteiger partial charge in [-0.3, -0.25) is 4.79 Å². The minimum Gasteiger partial charge on any atom is -0.361 e. The summed E-state index contributed by atoms with van der Waals surface area (Å²) in [5.41, 5.74) is 3.86. The SMILES string of the molecule is CC[C@@H](NCc1cccc(C(=O)N(C)C)c1)c1c(C)noc1C. The second kappa shape index (κ2) is 7.42. The van der Waals surface area contributed by atoms with E-state index in [9.17, 15) is 4.79 Å². The van der Waals surface area contributed by atoms with Crippen molar-refractivity contribution in [3.63, 3.8) is 0 Å². The Morgan fingerprint density at radius 1 is 1.35 bits per heavy atom. The summed E-state index contributed by atoms with van der Waals surface area (Å²) < 4.78 is 5.27. The first kappa shape index (κ1) is 17.2. The van der Waals surface area contributed by atoms with E-state index in [1.165, 1.54) is 0 Å². The van der Waals surface area contributed by atoms with Crippen LogP contribution in [0.1, 0.15) is 52.3 Å². The Hall–Kier alpha value is -2.14. The zero-order valence-corrected chi connectivity index (χ0v) is 14.5. The van der Waals surface area contributed by atoms with Gasteiger partial charge in [0, 0.05) is 37.8 Å². The van der Waals surface area contributed by atoms with Crippen molar-refractivity contribution in [2.24, 2.45) is 0 Å². The number of carbonyl (C=O) groups is 1. The largest absolute Gasteiger partial charge is 0.361 e. The number of amides is 1. The lowest BCUT2D eigenvalue weighted by Gasteiger charge is -2.17. The van der Waals surface area contributed by atoms with Crippen molar-refractivity contribution in [2.75, 3.05) is 14.1 Å². The van der Waals surface area contributed by atoms with Crippen molar-refractivity contribution < 1.29 is 9.32 Å². The van der Waals surface area contributed by atoms with Crippen molar-refractivity contribution in [1.29, 1.82) is 0 Å². The third kappa shape index (κ3) is 3.99. The number of nitrogens with zero attached hydrogens (tertiary/aromatic N) is 2. The van der Waals surface area contributed by atoms with Crippen LogP contribution in [0, 0.1) is 13.8 Å². The van der Waals surface area contributed by atoms with Gasteiger partial charge in [0.1, 0.15) is 5.76 Å². The first-order chi connectivity index (χ1) is 10.9. The minimum absolute atomic E-state index is 0.0182. The molecule has 0 unspecified atom stereocenters. The quantitative estimate of drug-likeness (QED) is 0.889. The highest BCUT2D eigenvalue weighted by atomic mass is 16.5. The van der Waals surface area contributed by atoms with Crippen molar-refractivity contribution in [2.45, 2.75) is 39.8 Å². The molecule has 0 bridgehead atoms. The van der Waals surface area contributed by atoms with Gasteiger partial charge in [-0.05, 0) is 38.0 Å². The van der Waals surface area contributed by atoms with Crippen LogP contribution in [0.15, 0.2) is 28.8 Å². The molecule has 0 aliphatic carbocycles. The Bertz CT molecular complexity index is 657. The summed E-state index contributed by atoms with van der Waals surface area (Å²) in [7, 11) is 3.52. The molecule has 23 heavy (non-hydrogen) atoms. The van der Waals surface area contributed by atoms with E-state index in [0.29, 0.717) is 12.1 Å². The van der Waals surface area contributed by atoms with E-state index in [0.717, 1.165) is 29.0 Å². The minimum atomic E-state index is 0.0182. The molecule has 2 rings (SSSR count). The topological polar surface area (TPSA) is 58.4 Å². The van der Waals surface area contributed by atoms with Crippen LogP contribution < -0.4 is 5.32 Å². The molecule has 124 valence electrons. The van der Waals surface area contributed by atoms with Crippen LogP contribution in [0.2, 0.25) is 0 Å². The van der Waals surface area contributed by atoms with Gasteiger partial charge in [-0.25, -0.2) is 0 Å². The highest BCUT2D eigenvalue weighted by Gasteiger charge is 2.18. The van der Waals surface area contributed by atoms with Crippen LogP contribution in [0.25, 0.3) is 0 Å². The van der Waals surface area contributed by atoms with Crippen molar-refractivity contribution >= 4 is 5.91 Å². The molecule has 0 aliphatic heterocycles. The van der Waals surface area contributed by atoms with E-state index in [4.69, 9.17) is 4.52 Å². The molecule has 2 aromatic rings. The molecule has 0 spiro atoms. The summed E-state index contributed by atoms with van der Waals surface area (Å²) in [6, 6.07) is 7.92. The zero-order valence-electron chi connectivity index (χ0n) is 14.5. The Kier molecular flexibility index (Phi) is 5.55. The van der Waals surface area contributed by atoms with Crippen LogP contribution in [-0.4, -0.2) is 30.1 Å². The van der Waals surface area contributed by atoms with Gasteiger partial charge in [-0.15, -0.1) is 0 Å². The molecule has 1 aromatic carbocycles. The molecule has 0 radical (unpaired) electrons. The number of hydrogen-bond donors (Lipinski definition) is 1. The van der Waals surface area contributed by atoms with Gasteiger partial charge in [0.25, 0.3) is 5.91 Å². The molecule has 0 aliphatic rings. The number of aryl methyl sites for hydroxylation is 2. The number of carbonyl (C=O) groups excluding carboxylic acids is 1. The molecule has 0 saturated carbocycles. The van der Waals surface area contributed by atoms with Gasteiger partial charge >= 0.3 is 0 Å². The number of rotatable bonds is 6. The van der Waals surface area contributed by atoms with Crippen molar-refractivity contribution in [3.8, 4) is 0 Å². The lowest BCUT2D eigenvalue weighted by Crippen LogP contribution is -2.23. The van der Waals surface area contributed by atoms with Crippen molar-refractivity contribution in [3.05, 3.63) is 52.4 Å². The summed E-state index contributed by atoms with van der Waals surface area (Å²) in [6.45, 7) is 6.73. The molecule has 0 saturated heterocycles. The summed E-state index contributed by atoms with van der Waals surface area (Å²) in [5.74, 6) is 0.878. The number of nitrogens with one attached hydrogen (secondary N) is 1. The first-order valence-electron chi connectivity index (χ1n) is 7.90. The maximum atomic E-state index is 12.1. The van der Waals surface area contributed by atoms with Gasteiger partial charge in [0.05, 0.1) is 5.69 Å². The molecular formula is C18H25N3O2. The third-order valence-corrected chi connectivity index (χ3v) is 3.98. The average Bonchev–Trinajstić information content (AvgIpc) is 2.87. The van der Waals surface area contributed by atoms with E-state index in [-0.39, 0.29) is 11.9 Å². The monoisotopic (exact) mass is 315 g/mol. The summed E-state index contributed by atoms with van der Waals surface area (Å²) in [5, 5.41) is 7.57. The maximum Gasteiger partial charge on any atom is 0.253 e. The van der Waals surface area contributed by atoms with Crippen LogP contribution in [-0.2, 0) is 6.54 Å². The van der Waals surface area contributed by atoms with Gasteiger partial charge in [0.15, 0.2) is 0 Å². The maximum absolute atomic E-state index is 12.1. The standard InChI is InChI=1S/C18H25N3O2/c1-6-16(17-12(2)20-23-13(17)3)19-11-14-8-7-9-15(10-14)18(22)21(4)5/h7-10,16,19H,6,11H2,1-5H3/t16-/m1/s1. The van der Waals surface area contributed by atoms with Crippen LogP contribution in [0.5, 0.6) is 0 Å². The fourth-order valence-electron chi connectivity index (χ4n) is 2.75. The Morgan fingerprint density at radius 2 is 2.09 bits per heavy atom. The second-order valence-corrected chi connectivity index (χ2v) is 5.98. The molecule has 1 amide bonds. The Balaban J connectivity index is 2.11. The van der Waals surface area contributed by atoms with Crippen LogP contribution in [0.3, 0.4) is 0 Å². The van der Waals surface area contributed by atoms with Crippen LogP contribution in [0.4, 0.5) is 0 Å². The number of hydrogen-bond acceptors (Lipinski definition) is 4. The van der Waals surface area contributed by atoms with Gasteiger partial charge in [-0.1, -0.05) is 24.2 Å². The highest BCUT2D eigenvalue weighted by molar-refractivity contribution is 5.94. The van der Waals surface area contributed by atoms with E-state index in [1.54, 1.807) is 19.0 Å². The molecular weight excluding hydrogens is 290 g/mol. The first-order valence-corrected chi connectivity index (χ1v) is 7.90. The molecule has 1 heterocycles. The molecule has 0 fully saturated rings. The fraction of sp³-hybridized carbons (Fsp3) is 0.444.